The van der Waals surface area contributed by atoms with E-state index in [2.05, 4.69) is 4.98 Å². The minimum atomic E-state index is -1.36. The van der Waals surface area contributed by atoms with Gasteiger partial charge in [-0.25, -0.2) is 9.78 Å². The summed E-state index contributed by atoms with van der Waals surface area (Å²) in [5.41, 5.74) is 0.0253. The van der Waals surface area contributed by atoms with Gasteiger partial charge in [0.2, 0.25) is 0 Å². The highest BCUT2D eigenvalue weighted by atomic mass is 32.1. The summed E-state index contributed by atoms with van der Waals surface area (Å²) in [4.78, 5) is 29.7. The molecule has 0 bridgehead atoms. The Bertz CT molecular complexity index is 955. The first-order valence-corrected chi connectivity index (χ1v) is 8.02. The number of carboxylic acid groups (broad SMARTS) is 1. The third kappa shape index (κ3) is 2.35. The van der Waals surface area contributed by atoms with Crippen LogP contribution in [0.3, 0.4) is 0 Å². The molecular formula is C17H16N2O3S. The highest BCUT2D eigenvalue weighted by molar-refractivity contribution is 7.17. The van der Waals surface area contributed by atoms with E-state index in [1.54, 1.807) is 6.92 Å². The number of carbonyl (C=O) groups is 1. The molecule has 0 amide bonds. The topological polar surface area (TPSA) is 72.2 Å². The van der Waals surface area contributed by atoms with Gasteiger partial charge in [-0.1, -0.05) is 30.3 Å². The van der Waals surface area contributed by atoms with E-state index < -0.39 is 11.5 Å². The Morgan fingerprint density at radius 2 is 1.91 bits per heavy atom. The second-order valence-corrected chi connectivity index (χ2v) is 6.72. The van der Waals surface area contributed by atoms with E-state index >= 15 is 0 Å². The van der Waals surface area contributed by atoms with Gasteiger partial charge in [0.1, 0.15) is 16.2 Å². The number of thiophene rings is 1. The zero-order chi connectivity index (χ0) is 16.8. The summed E-state index contributed by atoms with van der Waals surface area (Å²) in [5, 5.41) is 11.8. The summed E-state index contributed by atoms with van der Waals surface area (Å²) >= 11 is 1.39. The Kier molecular flexibility index (Phi) is 3.56. The van der Waals surface area contributed by atoms with Crippen LogP contribution in [0.5, 0.6) is 0 Å². The number of nitrogens with zero attached hydrogens (tertiary/aromatic N) is 2. The number of benzene rings is 1. The molecule has 0 aliphatic carbocycles. The van der Waals surface area contributed by atoms with Crippen LogP contribution >= 0.6 is 11.3 Å². The first-order valence-electron chi connectivity index (χ1n) is 7.14. The highest BCUT2D eigenvalue weighted by Crippen LogP contribution is 2.31. The molecule has 0 atom stereocenters. The lowest BCUT2D eigenvalue weighted by atomic mass is 10.0. The lowest BCUT2D eigenvalue weighted by Gasteiger charge is -2.24. The first-order chi connectivity index (χ1) is 10.8. The molecule has 3 rings (SSSR count). The fraction of sp³-hybridized carbons (Fsp3) is 0.235. The quantitative estimate of drug-likeness (QED) is 0.801. The van der Waals surface area contributed by atoms with Crippen LogP contribution in [0.2, 0.25) is 0 Å². The molecule has 1 N–H and O–H groups in total. The lowest BCUT2D eigenvalue weighted by molar-refractivity contribution is -0.145. The van der Waals surface area contributed by atoms with Crippen LogP contribution in [-0.4, -0.2) is 20.6 Å². The van der Waals surface area contributed by atoms with E-state index in [1.807, 2.05) is 35.7 Å². The summed E-state index contributed by atoms with van der Waals surface area (Å²) in [5.74, 6) is -0.670. The molecule has 0 radical (unpaired) electrons. The predicted molar refractivity (Wildman–Crippen MR) is 91.0 cm³/mol. The van der Waals surface area contributed by atoms with Crippen LogP contribution in [0, 0.1) is 6.92 Å². The molecule has 6 heteroatoms. The maximum Gasteiger partial charge on any atom is 0.329 e. The molecule has 0 saturated heterocycles. The number of fused-ring (bicyclic) bond motifs is 1. The van der Waals surface area contributed by atoms with Crippen LogP contribution in [0.1, 0.15) is 19.7 Å². The molecule has 2 aromatic heterocycles. The summed E-state index contributed by atoms with van der Waals surface area (Å²) in [6, 6.07) is 9.56. The zero-order valence-corrected chi connectivity index (χ0v) is 13.8. The van der Waals surface area contributed by atoms with Crippen molar-refractivity contribution < 1.29 is 9.90 Å². The molecule has 5 nitrogen and oxygen atoms in total. The Labute approximate surface area is 136 Å². The van der Waals surface area contributed by atoms with Gasteiger partial charge in [0.05, 0.1) is 5.39 Å². The largest absolute Gasteiger partial charge is 0.480 e. The van der Waals surface area contributed by atoms with Crippen molar-refractivity contribution in [2.75, 3.05) is 0 Å². The maximum absolute atomic E-state index is 13.0. The van der Waals surface area contributed by atoms with Gasteiger partial charge in [-0.05, 0) is 26.3 Å². The van der Waals surface area contributed by atoms with Crippen molar-refractivity contribution in [2.45, 2.75) is 26.3 Å². The van der Waals surface area contributed by atoms with E-state index in [-0.39, 0.29) is 5.56 Å². The van der Waals surface area contributed by atoms with Crippen molar-refractivity contribution in [3.05, 3.63) is 51.9 Å². The number of hydrogen-bond acceptors (Lipinski definition) is 4. The molecule has 3 aromatic rings. The standard InChI is InChI=1S/C17H16N2O3S/c1-10-18-14-13(15(20)19(10)17(2,3)16(21)22)12(9-23-14)11-7-5-4-6-8-11/h4-9H,1-3H3,(H,21,22). The van der Waals surface area contributed by atoms with Gasteiger partial charge >= 0.3 is 5.97 Å². The van der Waals surface area contributed by atoms with Crippen LogP contribution in [0.25, 0.3) is 21.3 Å². The Morgan fingerprint density at radius 1 is 1.26 bits per heavy atom. The number of aryl methyl sites for hydroxylation is 1. The van der Waals surface area contributed by atoms with Crippen molar-refractivity contribution in [1.82, 2.24) is 9.55 Å². The summed E-state index contributed by atoms with van der Waals surface area (Å²) < 4.78 is 1.26. The maximum atomic E-state index is 13.0. The van der Waals surface area contributed by atoms with E-state index in [4.69, 9.17) is 0 Å². The van der Waals surface area contributed by atoms with E-state index in [0.29, 0.717) is 16.0 Å². The van der Waals surface area contributed by atoms with Crippen molar-refractivity contribution in [3.8, 4) is 11.1 Å². The summed E-state index contributed by atoms with van der Waals surface area (Å²) in [6.07, 6.45) is 0. The molecule has 0 unspecified atom stereocenters. The average molecular weight is 328 g/mol. The van der Waals surface area contributed by atoms with Gasteiger partial charge in [-0.2, -0.15) is 0 Å². The van der Waals surface area contributed by atoms with Crippen LogP contribution in [0.15, 0.2) is 40.5 Å². The second-order valence-electron chi connectivity index (χ2n) is 5.86. The average Bonchev–Trinajstić information content (AvgIpc) is 2.91. The molecule has 0 aliphatic rings. The van der Waals surface area contributed by atoms with Crippen molar-refractivity contribution in [1.29, 1.82) is 0 Å². The fourth-order valence-corrected chi connectivity index (χ4v) is 3.66. The van der Waals surface area contributed by atoms with Gasteiger partial charge in [0.15, 0.2) is 0 Å². The molecule has 2 heterocycles. The number of hydrogen-bond donors (Lipinski definition) is 1. The van der Waals surface area contributed by atoms with Gasteiger partial charge < -0.3 is 5.11 Å². The number of aromatic nitrogens is 2. The zero-order valence-electron chi connectivity index (χ0n) is 13.0. The number of aliphatic carboxylic acids is 1. The lowest BCUT2D eigenvalue weighted by Crippen LogP contribution is -2.44. The van der Waals surface area contributed by atoms with E-state index in [9.17, 15) is 14.7 Å². The van der Waals surface area contributed by atoms with Crippen molar-refractivity contribution in [2.24, 2.45) is 0 Å². The van der Waals surface area contributed by atoms with Gasteiger partial charge in [-0.15, -0.1) is 11.3 Å². The normalized spacial score (nSPS) is 11.8. The van der Waals surface area contributed by atoms with Gasteiger partial charge in [0.25, 0.3) is 5.56 Å². The third-order valence-corrected chi connectivity index (χ3v) is 4.81. The summed E-state index contributed by atoms with van der Waals surface area (Å²) in [7, 11) is 0. The smallest absolute Gasteiger partial charge is 0.329 e. The van der Waals surface area contributed by atoms with E-state index in [0.717, 1.165) is 11.1 Å². The molecule has 23 heavy (non-hydrogen) atoms. The molecule has 0 spiro atoms. The fourth-order valence-electron chi connectivity index (χ4n) is 2.68. The second kappa shape index (κ2) is 5.31. The SMILES string of the molecule is Cc1nc2scc(-c3ccccc3)c2c(=O)n1C(C)(C)C(=O)O. The Hall–Kier alpha value is -2.47. The Balaban J connectivity index is 2.38. The minimum Gasteiger partial charge on any atom is -0.480 e. The van der Waals surface area contributed by atoms with Gasteiger partial charge in [-0.3, -0.25) is 9.36 Å². The highest BCUT2D eigenvalue weighted by Gasteiger charge is 2.33. The van der Waals surface area contributed by atoms with Gasteiger partial charge in [0, 0.05) is 10.9 Å². The molecule has 1 aromatic carbocycles. The van der Waals surface area contributed by atoms with Crippen LogP contribution < -0.4 is 5.56 Å². The molecule has 118 valence electrons. The number of rotatable bonds is 3. The summed E-state index contributed by atoms with van der Waals surface area (Å²) in [6.45, 7) is 4.67. The molecule has 0 saturated carbocycles. The van der Waals surface area contributed by atoms with Crippen LogP contribution in [-0.2, 0) is 10.3 Å². The molecular weight excluding hydrogens is 312 g/mol. The molecule has 0 aliphatic heterocycles. The Morgan fingerprint density at radius 3 is 2.52 bits per heavy atom. The first kappa shape index (κ1) is 15.4. The van der Waals surface area contributed by atoms with E-state index in [1.165, 1.54) is 29.8 Å². The van der Waals surface area contributed by atoms with Crippen LogP contribution in [0.4, 0.5) is 0 Å². The third-order valence-electron chi connectivity index (χ3n) is 3.94. The number of carboxylic acids is 1. The minimum absolute atomic E-state index is 0.319. The predicted octanol–water partition coefficient (Wildman–Crippen LogP) is 3.25. The van der Waals surface area contributed by atoms with Crippen molar-refractivity contribution in [3.63, 3.8) is 0 Å². The van der Waals surface area contributed by atoms with Crippen molar-refractivity contribution >= 4 is 27.5 Å². The monoisotopic (exact) mass is 328 g/mol. The molecule has 0 fully saturated rings.